The van der Waals surface area contributed by atoms with E-state index >= 15 is 0 Å². The maximum absolute atomic E-state index is 13.4. The highest BCUT2D eigenvalue weighted by atomic mass is 35.5. The van der Waals surface area contributed by atoms with Crippen molar-refractivity contribution in [3.05, 3.63) is 59.1 Å². The predicted molar refractivity (Wildman–Crippen MR) is 130 cm³/mol. The summed E-state index contributed by atoms with van der Waals surface area (Å²) in [5.41, 5.74) is 1.04. The molecule has 0 saturated heterocycles. The van der Waals surface area contributed by atoms with E-state index in [1.165, 1.54) is 4.90 Å². The van der Waals surface area contributed by atoms with Crippen LogP contribution in [0.2, 0.25) is 5.02 Å². The molecule has 33 heavy (non-hydrogen) atoms. The first-order valence-corrected chi connectivity index (χ1v) is 12.8. The fraction of sp³-hybridized carbons (Fsp3) is 0.391. The minimum Gasteiger partial charge on any atom is -0.494 e. The number of sulfonamides is 1. The van der Waals surface area contributed by atoms with Gasteiger partial charge in [-0.1, -0.05) is 23.7 Å². The van der Waals surface area contributed by atoms with E-state index in [0.717, 1.165) is 16.1 Å². The summed E-state index contributed by atoms with van der Waals surface area (Å²) in [4.78, 5) is 27.2. The van der Waals surface area contributed by atoms with Crippen LogP contribution in [-0.2, 0) is 26.2 Å². The highest BCUT2D eigenvalue weighted by Gasteiger charge is 2.30. The second kappa shape index (κ2) is 11.9. The Balaban J connectivity index is 2.35. The van der Waals surface area contributed by atoms with Gasteiger partial charge in [0, 0.05) is 18.1 Å². The molecule has 2 rings (SSSR count). The summed E-state index contributed by atoms with van der Waals surface area (Å²) in [7, 11) is -3.78. The molecule has 2 aromatic carbocycles. The Hall–Kier alpha value is -2.78. The number of nitrogens with one attached hydrogen (secondary N) is 1. The summed E-state index contributed by atoms with van der Waals surface area (Å²) in [6, 6.07) is 12.6. The van der Waals surface area contributed by atoms with Crippen LogP contribution in [0.5, 0.6) is 5.75 Å². The molecule has 0 radical (unpaired) electrons. The number of nitrogens with zero attached hydrogens (tertiary/aromatic N) is 2. The summed E-state index contributed by atoms with van der Waals surface area (Å²) >= 11 is 6.08. The third kappa shape index (κ3) is 7.64. The predicted octanol–water partition coefficient (Wildman–Crippen LogP) is 3.06. The van der Waals surface area contributed by atoms with E-state index in [4.69, 9.17) is 16.3 Å². The van der Waals surface area contributed by atoms with Crippen molar-refractivity contribution in [2.75, 3.05) is 30.3 Å². The molecule has 0 fully saturated rings. The fourth-order valence-corrected chi connectivity index (χ4v) is 4.29. The molecule has 0 aromatic heterocycles. The molecule has 0 bridgehead atoms. The van der Waals surface area contributed by atoms with Gasteiger partial charge in [0.05, 0.1) is 18.6 Å². The first-order valence-electron chi connectivity index (χ1n) is 10.6. The van der Waals surface area contributed by atoms with E-state index in [1.54, 1.807) is 62.4 Å². The monoisotopic (exact) mass is 495 g/mol. The van der Waals surface area contributed by atoms with Gasteiger partial charge in [-0.05, 0) is 62.7 Å². The maximum atomic E-state index is 13.4. The van der Waals surface area contributed by atoms with Gasteiger partial charge in [0.2, 0.25) is 21.8 Å². The van der Waals surface area contributed by atoms with Crippen LogP contribution in [0.25, 0.3) is 0 Å². The summed E-state index contributed by atoms with van der Waals surface area (Å²) < 4.78 is 31.5. The molecule has 0 unspecified atom stereocenters. The SMILES string of the molecule is CCNC(=O)[C@H](C)N(Cc1cccc(Cl)c1)C(=O)CN(c1ccc(OCC)cc1)S(C)(=O)=O. The van der Waals surface area contributed by atoms with Gasteiger partial charge in [0.1, 0.15) is 18.3 Å². The molecular weight excluding hydrogens is 466 g/mol. The lowest BCUT2D eigenvalue weighted by atomic mass is 10.1. The molecule has 1 atom stereocenters. The quantitative estimate of drug-likeness (QED) is 0.517. The number of anilines is 1. The largest absolute Gasteiger partial charge is 0.494 e. The lowest BCUT2D eigenvalue weighted by Crippen LogP contribution is -2.51. The average Bonchev–Trinajstić information content (AvgIpc) is 2.75. The Labute approximate surface area is 200 Å². The molecule has 0 heterocycles. The van der Waals surface area contributed by atoms with Crippen molar-refractivity contribution in [2.45, 2.75) is 33.4 Å². The third-order valence-electron chi connectivity index (χ3n) is 4.88. The minimum absolute atomic E-state index is 0.0958. The van der Waals surface area contributed by atoms with Crippen LogP contribution >= 0.6 is 11.6 Å². The van der Waals surface area contributed by atoms with E-state index in [-0.39, 0.29) is 12.5 Å². The van der Waals surface area contributed by atoms with Crippen molar-refractivity contribution >= 4 is 39.1 Å². The van der Waals surface area contributed by atoms with Crippen molar-refractivity contribution in [3.63, 3.8) is 0 Å². The second-order valence-electron chi connectivity index (χ2n) is 7.42. The Morgan fingerprint density at radius 3 is 2.33 bits per heavy atom. The Morgan fingerprint density at radius 1 is 1.12 bits per heavy atom. The second-order valence-corrected chi connectivity index (χ2v) is 9.76. The number of amides is 2. The summed E-state index contributed by atoms with van der Waals surface area (Å²) in [5.74, 6) is -0.263. The van der Waals surface area contributed by atoms with Gasteiger partial charge in [0.15, 0.2) is 0 Å². The number of hydrogen-bond donors (Lipinski definition) is 1. The van der Waals surface area contributed by atoms with Crippen molar-refractivity contribution < 1.29 is 22.7 Å². The first-order chi connectivity index (χ1) is 15.6. The lowest BCUT2D eigenvalue weighted by Gasteiger charge is -2.31. The fourth-order valence-electron chi connectivity index (χ4n) is 3.23. The van der Waals surface area contributed by atoms with Crippen LogP contribution in [0.1, 0.15) is 26.3 Å². The zero-order valence-electron chi connectivity index (χ0n) is 19.2. The molecule has 0 saturated carbocycles. The number of rotatable bonds is 11. The zero-order valence-corrected chi connectivity index (χ0v) is 20.8. The molecule has 0 aliphatic rings. The van der Waals surface area contributed by atoms with Crippen LogP contribution in [0.15, 0.2) is 48.5 Å². The number of carbonyl (C=O) groups excluding carboxylic acids is 2. The molecule has 10 heteroatoms. The van der Waals surface area contributed by atoms with Gasteiger partial charge in [0.25, 0.3) is 0 Å². The van der Waals surface area contributed by atoms with Gasteiger partial charge in [-0.15, -0.1) is 0 Å². The minimum atomic E-state index is -3.78. The van der Waals surface area contributed by atoms with E-state index < -0.39 is 28.5 Å². The lowest BCUT2D eigenvalue weighted by molar-refractivity contribution is -0.139. The molecule has 2 amide bonds. The van der Waals surface area contributed by atoms with Gasteiger partial charge < -0.3 is 15.0 Å². The number of ether oxygens (including phenoxy) is 1. The number of carbonyl (C=O) groups is 2. The Kier molecular flexibility index (Phi) is 9.55. The normalized spacial score (nSPS) is 12.0. The van der Waals surface area contributed by atoms with Crippen LogP contribution in [0.4, 0.5) is 5.69 Å². The van der Waals surface area contributed by atoms with Gasteiger partial charge >= 0.3 is 0 Å². The third-order valence-corrected chi connectivity index (χ3v) is 6.25. The Bertz CT molecular complexity index is 1060. The highest BCUT2D eigenvalue weighted by Crippen LogP contribution is 2.23. The van der Waals surface area contributed by atoms with Gasteiger partial charge in [-0.25, -0.2) is 8.42 Å². The standard InChI is InChI=1S/C23H30ClN3O5S/c1-5-25-23(29)17(3)26(15-18-8-7-9-19(24)14-18)22(28)16-27(33(4,30)31)20-10-12-21(13-11-20)32-6-2/h7-14,17H,5-6,15-16H2,1-4H3,(H,25,29)/t17-/m0/s1. The number of halogens is 1. The number of hydrogen-bond acceptors (Lipinski definition) is 5. The van der Waals surface area contributed by atoms with Gasteiger partial charge in [-0.2, -0.15) is 0 Å². The van der Waals surface area contributed by atoms with E-state index in [9.17, 15) is 18.0 Å². The average molecular weight is 496 g/mol. The molecule has 0 spiro atoms. The van der Waals surface area contributed by atoms with Crippen LogP contribution in [0, 0.1) is 0 Å². The van der Waals surface area contributed by atoms with E-state index in [2.05, 4.69) is 5.32 Å². The van der Waals surface area contributed by atoms with Crippen LogP contribution in [-0.4, -0.2) is 57.1 Å². The molecule has 0 aliphatic heterocycles. The van der Waals surface area contributed by atoms with E-state index in [0.29, 0.717) is 29.6 Å². The maximum Gasteiger partial charge on any atom is 0.244 e. The molecule has 1 N–H and O–H groups in total. The first kappa shape index (κ1) is 26.5. The van der Waals surface area contributed by atoms with Crippen LogP contribution < -0.4 is 14.4 Å². The van der Waals surface area contributed by atoms with Crippen LogP contribution in [0.3, 0.4) is 0 Å². The molecule has 180 valence electrons. The van der Waals surface area contributed by atoms with Gasteiger partial charge in [-0.3, -0.25) is 13.9 Å². The number of likely N-dealkylation sites (N-methyl/N-ethyl adjacent to an activating group) is 1. The summed E-state index contributed by atoms with van der Waals surface area (Å²) in [5, 5.41) is 3.20. The van der Waals surface area contributed by atoms with Crippen molar-refractivity contribution in [3.8, 4) is 5.75 Å². The summed E-state index contributed by atoms with van der Waals surface area (Å²) in [6.45, 7) is 5.75. The smallest absolute Gasteiger partial charge is 0.244 e. The Morgan fingerprint density at radius 2 is 1.79 bits per heavy atom. The van der Waals surface area contributed by atoms with Crippen molar-refractivity contribution in [2.24, 2.45) is 0 Å². The number of benzene rings is 2. The molecule has 0 aliphatic carbocycles. The summed E-state index contributed by atoms with van der Waals surface area (Å²) in [6.07, 6.45) is 1.03. The molecular formula is C23H30ClN3O5S. The zero-order chi connectivity index (χ0) is 24.6. The molecule has 8 nitrogen and oxygen atoms in total. The topological polar surface area (TPSA) is 96.0 Å². The van der Waals surface area contributed by atoms with Crippen molar-refractivity contribution in [1.82, 2.24) is 10.2 Å². The van der Waals surface area contributed by atoms with Crippen molar-refractivity contribution in [1.29, 1.82) is 0 Å². The van der Waals surface area contributed by atoms with E-state index in [1.807, 2.05) is 6.92 Å². The highest BCUT2D eigenvalue weighted by molar-refractivity contribution is 7.92. The molecule has 2 aromatic rings.